The Labute approximate surface area is 126 Å². The average Bonchev–Trinajstić information content (AvgIpc) is 2.89. The third kappa shape index (κ3) is 2.91. The van der Waals surface area contributed by atoms with Gasteiger partial charge in [-0.3, -0.25) is 4.79 Å². The van der Waals surface area contributed by atoms with Crippen molar-refractivity contribution in [2.24, 2.45) is 0 Å². The molecule has 4 nitrogen and oxygen atoms in total. The number of thioether (sulfide) groups is 1. The van der Waals surface area contributed by atoms with Gasteiger partial charge in [-0.1, -0.05) is 23.5 Å². The van der Waals surface area contributed by atoms with Crippen molar-refractivity contribution in [1.82, 2.24) is 9.88 Å². The molecule has 1 aromatic heterocycles. The summed E-state index contributed by atoms with van der Waals surface area (Å²) in [5.74, 6) is 2.25. The molecule has 1 saturated heterocycles. The molecule has 1 N–H and O–H groups in total. The molecule has 0 saturated carbocycles. The van der Waals surface area contributed by atoms with Gasteiger partial charge in [-0.25, -0.2) is 4.98 Å². The fraction of sp³-hybridized carbons (Fsp3) is 0.429. The lowest BCUT2D eigenvalue weighted by Crippen LogP contribution is -2.45. The number of para-hydroxylation sites is 1. The van der Waals surface area contributed by atoms with Crippen molar-refractivity contribution < 1.29 is 4.79 Å². The zero-order valence-corrected chi connectivity index (χ0v) is 13.0. The molecular formula is C14H17N3OS2. The lowest BCUT2D eigenvalue weighted by atomic mass is 10.3. The van der Waals surface area contributed by atoms with Crippen molar-refractivity contribution in [2.45, 2.75) is 13.0 Å². The largest absolute Gasteiger partial charge is 0.350 e. The van der Waals surface area contributed by atoms with Crippen molar-refractivity contribution >= 4 is 44.4 Å². The lowest BCUT2D eigenvalue weighted by Gasteiger charge is -2.29. The maximum Gasteiger partial charge on any atom is 0.244 e. The Bertz CT molecular complexity index is 574. The number of hydrogen-bond donors (Lipinski definition) is 1. The predicted molar refractivity (Wildman–Crippen MR) is 86.6 cm³/mol. The van der Waals surface area contributed by atoms with Crippen LogP contribution in [0.25, 0.3) is 10.2 Å². The van der Waals surface area contributed by atoms with Crippen LogP contribution in [0.5, 0.6) is 0 Å². The maximum absolute atomic E-state index is 12.3. The number of aromatic nitrogens is 1. The number of benzene rings is 1. The van der Waals surface area contributed by atoms with Crippen LogP contribution in [0.2, 0.25) is 0 Å². The zero-order valence-electron chi connectivity index (χ0n) is 11.3. The van der Waals surface area contributed by atoms with Crippen LogP contribution in [0.1, 0.15) is 6.92 Å². The van der Waals surface area contributed by atoms with E-state index in [9.17, 15) is 4.79 Å². The van der Waals surface area contributed by atoms with Crippen LogP contribution in [-0.2, 0) is 4.79 Å². The number of carbonyl (C=O) groups is 1. The van der Waals surface area contributed by atoms with Crippen LogP contribution in [0.15, 0.2) is 24.3 Å². The molecule has 2 aromatic rings. The SMILES string of the molecule is C[C@@H](Nc1nc2ccccc2s1)C(=O)N1CCSCC1. The number of hydrogen-bond acceptors (Lipinski definition) is 5. The molecule has 6 heteroatoms. The van der Waals surface area contributed by atoms with Crippen LogP contribution in [0.3, 0.4) is 0 Å². The molecule has 1 aromatic carbocycles. The Balaban J connectivity index is 1.68. The minimum atomic E-state index is -0.223. The normalized spacial score (nSPS) is 17.1. The fourth-order valence-electron chi connectivity index (χ4n) is 2.24. The zero-order chi connectivity index (χ0) is 13.9. The Hall–Kier alpha value is -1.27. The van der Waals surface area contributed by atoms with E-state index in [2.05, 4.69) is 10.3 Å². The highest BCUT2D eigenvalue weighted by atomic mass is 32.2. The first-order chi connectivity index (χ1) is 9.74. The number of anilines is 1. The molecular weight excluding hydrogens is 290 g/mol. The summed E-state index contributed by atoms with van der Waals surface area (Å²) in [5, 5.41) is 4.06. The van der Waals surface area contributed by atoms with Crippen molar-refractivity contribution in [3.8, 4) is 0 Å². The highest BCUT2D eigenvalue weighted by Crippen LogP contribution is 2.26. The van der Waals surface area contributed by atoms with Crippen LogP contribution in [0.4, 0.5) is 5.13 Å². The summed E-state index contributed by atoms with van der Waals surface area (Å²) in [6, 6.07) is 7.80. The van der Waals surface area contributed by atoms with E-state index < -0.39 is 0 Å². The number of nitrogens with zero attached hydrogens (tertiary/aromatic N) is 2. The number of carbonyl (C=O) groups excluding carboxylic acids is 1. The van der Waals surface area contributed by atoms with E-state index in [1.54, 1.807) is 11.3 Å². The van der Waals surface area contributed by atoms with Crippen LogP contribution < -0.4 is 5.32 Å². The van der Waals surface area contributed by atoms with E-state index in [1.165, 1.54) is 0 Å². The molecule has 106 valence electrons. The summed E-state index contributed by atoms with van der Waals surface area (Å²) in [5.41, 5.74) is 0.981. The first-order valence-electron chi connectivity index (χ1n) is 6.73. The molecule has 1 atom stereocenters. The highest BCUT2D eigenvalue weighted by Gasteiger charge is 2.22. The predicted octanol–water partition coefficient (Wildman–Crippen LogP) is 2.67. The Morgan fingerprint density at radius 1 is 1.35 bits per heavy atom. The van der Waals surface area contributed by atoms with E-state index in [4.69, 9.17) is 0 Å². The van der Waals surface area contributed by atoms with Gasteiger partial charge in [0.1, 0.15) is 6.04 Å². The Kier molecular flexibility index (Phi) is 4.12. The smallest absolute Gasteiger partial charge is 0.244 e. The van der Waals surface area contributed by atoms with Crippen molar-refractivity contribution in [3.05, 3.63) is 24.3 Å². The first-order valence-corrected chi connectivity index (χ1v) is 8.70. The third-order valence-electron chi connectivity index (χ3n) is 3.33. The number of rotatable bonds is 3. The molecule has 1 amide bonds. The minimum absolute atomic E-state index is 0.171. The second-order valence-corrected chi connectivity index (χ2v) is 7.05. The van der Waals surface area contributed by atoms with Crippen LogP contribution in [0, 0.1) is 0 Å². The fourth-order valence-corrected chi connectivity index (χ4v) is 4.09. The molecule has 0 spiro atoms. The minimum Gasteiger partial charge on any atom is -0.350 e. The monoisotopic (exact) mass is 307 g/mol. The molecule has 0 aliphatic carbocycles. The van der Waals surface area contributed by atoms with E-state index in [-0.39, 0.29) is 11.9 Å². The quantitative estimate of drug-likeness (QED) is 0.947. The number of amides is 1. The molecule has 0 unspecified atom stereocenters. The number of nitrogens with one attached hydrogen (secondary N) is 1. The summed E-state index contributed by atoms with van der Waals surface area (Å²) < 4.78 is 1.14. The molecule has 3 rings (SSSR count). The Morgan fingerprint density at radius 3 is 2.85 bits per heavy atom. The molecule has 0 bridgehead atoms. The average molecular weight is 307 g/mol. The van der Waals surface area contributed by atoms with Gasteiger partial charge in [0.25, 0.3) is 0 Å². The van der Waals surface area contributed by atoms with Gasteiger partial charge in [-0.15, -0.1) is 0 Å². The van der Waals surface area contributed by atoms with Gasteiger partial charge >= 0.3 is 0 Å². The molecule has 2 heterocycles. The molecule has 1 fully saturated rings. The standard InChI is InChI=1S/C14H17N3OS2/c1-10(13(18)17-6-8-19-9-7-17)15-14-16-11-4-2-3-5-12(11)20-14/h2-5,10H,6-9H2,1H3,(H,15,16)/t10-/m1/s1. The van der Waals surface area contributed by atoms with Gasteiger partial charge in [-0.05, 0) is 19.1 Å². The van der Waals surface area contributed by atoms with Crippen LogP contribution in [-0.4, -0.2) is 46.4 Å². The van der Waals surface area contributed by atoms with Gasteiger partial charge in [0.15, 0.2) is 5.13 Å². The molecule has 0 radical (unpaired) electrons. The summed E-state index contributed by atoms with van der Waals surface area (Å²) in [4.78, 5) is 18.8. The summed E-state index contributed by atoms with van der Waals surface area (Å²) in [6.45, 7) is 3.63. The summed E-state index contributed by atoms with van der Waals surface area (Å²) in [7, 11) is 0. The second-order valence-electron chi connectivity index (χ2n) is 4.79. The van der Waals surface area contributed by atoms with E-state index in [1.807, 2.05) is 47.9 Å². The van der Waals surface area contributed by atoms with Crippen molar-refractivity contribution in [1.29, 1.82) is 0 Å². The highest BCUT2D eigenvalue weighted by molar-refractivity contribution is 7.99. The van der Waals surface area contributed by atoms with E-state index in [0.29, 0.717) is 0 Å². The van der Waals surface area contributed by atoms with Crippen molar-refractivity contribution in [2.75, 3.05) is 29.9 Å². The second kappa shape index (κ2) is 6.01. The van der Waals surface area contributed by atoms with Crippen LogP contribution >= 0.6 is 23.1 Å². The van der Waals surface area contributed by atoms with Gasteiger partial charge in [0, 0.05) is 24.6 Å². The molecule has 20 heavy (non-hydrogen) atoms. The van der Waals surface area contributed by atoms with E-state index >= 15 is 0 Å². The lowest BCUT2D eigenvalue weighted by molar-refractivity contribution is -0.131. The Morgan fingerprint density at radius 2 is 2.10 bits per heavy atom. The van der Waals surface area contributed by atoms with Crippen molar-refractivity contribution in [3.63, 3.8) is 0 Å². The molecule has 1 aliphatic heterocycles. The van der Waals surface area contributed by atoms with Gasteiger partial charge in [-0.2, -0.15) is 11.8 Å². The topological polar surface area (TPSA) is 45.2 Å². The number of fused-ring (bicyclic) bond motifs is 1. The summed E-state index contributed by atoms with van der Waals surface area (Å²) >= 11 is 3.50. The summed E-state index contributed by atoms with van der Waals surface area (Å²) in [6.07, 6.45) is 0. The van der Waals surface area contributed by atoms with Gasteiger partial charge in [0.2, 0.25) is 5.91 Å². The maximum atomic E-state index is 12.3. The third-order valence-corrected chi connectivity index (χ3v) is 5.24. The first kappa shape index (κ1) is 13.7. The number of thiazole rings is 1. The van der Waals surface area contributed by atoms with E-state index in [0.717, 1.165) is 39.9 Å². The van der Waals surface area contributed by atoms with Gasteiger partial charge in [0.05, 0.1) is 10.2 Å². The van der Waals surface area contributed by atoms with Gasteiger partial charge < -0.3 is 10.2 Å². The molecule has 1 aliphatic rings.